The maximum absolute atomic E-state index is 12.1. The van der Waals surface area contributed by atoms with E-state index in [1.165, 1.54) is 22.5 Å². The average Bonchev–Trinajstić information content (AvgIpc) is 3.16. The minimum atomic E-state index is -0.121. The van der Waals surface area contributed by atoms with Gasteiger partial charge >= 0.3 is 0 Å². The fraction of sp³-hybridized carbons (Fsp3) is 0.353. The highest BCUT2D eigenvalue weighted by Gasteiger charge is 2.23. The van der Waals surface area contributed by atoms with E-state index in [0.717, 1.165) is 17.0 Å². The van der Waals surface area contributed by atoms with Crippen LogP contribution in [0.5, 0.6) is 0 Å². The number of hydrogen-bond donors (Lipinski definition) is 1. The third kappa shape index (κ3) is 3.42. The molecular weight excluding hydrogens is 310 g/mol. The Balaban J connectivity index is 1.56. The second-order valence-electron chi connectivity index (χ2n) is 5.75. The number of nitrogens with zero attached hydrogens (tertiary/aromatic N) is 2. The van der Waals surface area contributed by atoms with Gasteiger partial charge in [0.25, 0.3) is 5.91 Å². The number of amides is 1. The molecule has 1 aromatic heterocycles. The Morgan fingerprint density at radius 1 is 1.35 bits per heavy atom. The van der Waals surface area contributed by atoms with Crippen LogP contribution in [0.1, 0.15) is 38.5 Å². The molecule has 1 atom stereocenters. The predicted molar refractivity (Wildman–Crippen MR) is 91.1 cm³/mol. The first-order valence-corrected chi connectivity index (χ1v) is 8.41. The standard InChI is InChI=1S/C17H19N3O2S/c1-10-4-5-13(6-11(10)2)15-7-14(22-20-15)8-18-17(21)16-12(3)19-9-23-16/h4-6,9,14H,7-8H2,1-3H3,(H,18,21). The van der Waals surface area contributed by atoms with Crippen LogP contribution in [0, 0.1) is 20.8 Å². The van der Waals surface area contributed by atoms with Gasteiger partial charge in [-0.15, -0.1) is 11.3 Å². The molecule has 1 aliphatic rings. The molecule has 23 heavy (non-hydrogen) atoms. The normalized spacial score (nSPS) is 16.8. The van der Waals surface area contributed by atoms with Gasteiger partial charge < -0.3 is 10.2 Å². The van der Waals surface area contributed by atoms with Crippen molar-refractivity contribution in [3.63, 3.8) is 0 Å². The van der Waals surface area contributed by atoms with Crippen LogP contribution in [0.15, 0.2) is 28.9 Å². The zero-order chi connectivity index (χ0) is 16.4. The van der Waals surface area contributed by atoms with Crippen molar-refractivity contribution < 1.29 is 9.63 Å². The van der Waals surface area contributed by atoms with Crippen LogP contribution in [0.4, 0.5) is 0 Å². The van der Waals surface area contributed by atoms with Crippen molar-refractivity contribution in [3.05, 3.63) is 51.0 Å². The van der Waals surface area contributed by atoms with Crippen LogP contribution in [-0.4, -0.2) is 29.3 Å². The molecule has 1 aliphatic heterocycles. The summed E-state index contributed by atoms with van der Waals surface area (Å²) in [6.07, 6.45) is 0.577. The first-order valence-electron chi connectivity index (χ1n) is 7.53. The number of aryl methyl sites for hydroxylation is 3. The van der Waals surface area contributed by atoms with Crippen LogP contribution < -0.4 is 5.32 Å². The van der Waals surface area contributed by atoms with Gasteiger partial charge in [0.2, 0.25) is 0 Å². The largest absolute Gasteiger partial charge is 0.390 e. The van der Waals surface area contributed by atoms with Gasteiger partial charge in [-0.3, -0.25) is 4.79 Å². The molecule has 0 radical (unpaired) electrons. The summed E-state index contributed by atoms with van der Waals surface area (Å²) < 4.78 is 0. The zero-order valence-electron chi connectivity index (χ0n) is 13.4. The summed E-state index contributed by atoms with van der Waals surface area (Å²) in [6.45, 7) is 6.45. The molecule has 120 valence electrons. The van der Waals surface area contributed by atoms with Crippen LogP contribution in [0.25, 0.3) is 0 Å². The number of nitrogens with one attached hydrogen (secondary N) is 1. The summed E-state index contributed by atoms with van der Waals surface area (Å²) in [6, 6.07) is 6.28. The Hall–Kier alpha value is -2.21. The summed E-state index contributed by atoms with van der Waals surface area (Å²) in [5, 5.41) is 7.07. The zero-order valence-corrected chi connectivity index (χ0v) is 14.2. The fourth-order valence-corrected chi connectivity index (χ4v) is 3.15. The smallest absolute Gasteiger partial charge is 0.263 e. The Labute approximate surface area is 139 Å². The topological polar surface area (TPSA) is 63.6 Å². The molecule has 0 aliphatic carbocycles. The van der Waals surface area contributed by atoms with Crippen molar-refractivity contribution in [2.45, 2.75) is 33.3 Å². The lowest BCUT2D eigenvalue weighted by molar-refractivity contribution is 0.0755. The summed E-state index contributed by atoms with van der Waals surface area (Å²) >= 11 is 1.35. The first kappa shape index (κ1) is 15.7. The van der Waals surface area contributed by atoms with E-state index in [1.807, 2.05) is 6.92 Å². The lowest BCUT2D eigenvalue weighted by atomic mass is 10.0. The van der Waals surface area contributed by atoms with Crippen LogP contribution >= 0.6 is 11.3 Å². The molecule has 0 fully saturated rings. The van der Waals surface area contributed by atoms with Crippen molar-refractivity contribution in [2.75, 3.05) is 6.54 Å². The van der Waals surface area contributed by atoms with Crippen molar-refractivity contribution in [3.8, 4) is 0 Å². The number of benzene rings is 1. The van der Waals surface area contributed by atoms with Gasteiger partial charge in [-0.25, -0.2) is 4.98 Å². The van der Waals surface area contributed by atoms with Gasteiger partial charge in [0.05, 0.1) is 23.5 Å². The summed E-state index contributed by atoms with van der Waals surface area (Å²) in [7, 11) is 0. The van der Waals surface area contributed by atoms with Gasteiger partial charge in [-0.2, -0.15) is 0 Å². The molecule has 6 heteroatoms. The Bertz CT molecular complexity index is 767. The summed E-state index contributed by atoms with van der Waals surface area (Å²) in [5.41, 5.74) is 6.95. The van der Waals surface area contributed by atoms with E-state index in [4.69, 9.17) is 4.84 Å². The molecule has 0 saturated heterocycles. The average molecular weight is 329 g/mol. The highest BCUT2D eigenvalue weighted by Crippen LogP contribution is 2.19. The van der Waals surface area contributed by atoms with Crippen LogP contribution in [0.2, 0.25) is 0 Å². The number of aromatic nitrogens is 1. The second-order valence-corrected chi connectivity index (χ2v) is 6.60. The van der Waals surface area contributed by atoms with Crippen LogP contribution in [0.3, 0.4) is 0 Å². The molecule has 1 aromatic carbocycles. The van der Waals surface area contributed by atoms with E-state index in [-0.39, 0.29) is 12.0 Å². The highest BCUT2D eigenvalue weighted by molar-refractivity contribution is 7.11. The Morgan fingerprint density at radius 2 is 2.17 bits per heavy atom. The van der Waals surface area contributed by atoms with Crippen molar-refractivity contribution in [2.24, 2.45) is 5.16 Å². The van der Waals surface area contributed by atoms with Crippen molar-refractivity contribution >= 4 is 23.0 Å². The third-order valence-corrected chi connectivity index (χ3v) is 4.94. The molecule has 0 bridgehead atoms. The molecular formula is C17H19N3O2S. The number of oxime groups is 1. The summed E-state index contributed by atoms with van der Waals surface area (Å²) in [4.78, 5) is 22.3. The summed E-state index contributed by atoms with van der Waals surface area (Å²) in [5.74, 6) is -0.103. The molecule has 3 rings (SSSR count). The SMILES string of the molecule is Cc1ccc(C2=NOC(CNC(=O)c3scnc3C)C2)cc1C. The van der Waals surface area contributed by atoms with Gasteiger partial charge in [0, 0.05) is 6.42 Å². The number of hydrogen-bond acceptors (Lipinski definition) is 5. The van der Waals surface area contributed by atoms with E-state index in [2.05, 4.69) is 47.5 Å². The van der Waals surface area contributed by atoms with E-state index >= 15 is 0 Å². The molecule has 0 spiro atoms. The Morgan fingerprint density at radius 3 is 2.87 bits per heavy atom. The van der Waals surface area contributed by atoms with Gasteiger partial charge in [-0.1, -0.05) is 17.3 Å². The molecule has 0 saturated carbocycles. The lowest BCUT2D eigenvalue weighted by Gasteiger charge is -2.09. The molecule has 5 nitrogen and oxygen atoms in total. The van der Waals surface area contributed by atoms with Crippen molar-refractivity contribution in [1.29, 1.82) is 0 Å². The molecule has 1 unspecified atom stereocenters. The van der Waals surface area contributed by atoms with Gasteiger partial charge in [0.1, 0.15) is 11.0 Å². The maximum Gasteiger partial charge on any atom is 0.263 e. The monoisotopic (exact) mass is 329 g/mol. The van der Waals surface area contributed by atoms with Crippen LogP contribution in [-0.2, 0) is 4.84 Å². The number of carbonyl (C=O) groups excluding carboxylic acids is 1. The fourth-order valence-electron chi connectivity index (χ4n) is 2.44. The highest BCUT2D eigenvalue weighted by atomic mass is 32.1. The van der Waals surface area contributed by atoms with Gasteiger partial charge in [0.15, 0.2) is 0 Å². The number of rotatable bonds is 4. The van der Waals surface area contributed by atoms with E-state index in [1.54, 1.807) is 5.51 Å². The lowest BCUT2D eigenvalue weighted by Crippen LogP contribution is -2.32. The molecule has 2 aromatic rings. The van der Waals surface area contributed by atoms with E-state index in [0.29, 0.717) is 17.8 Å². The minimum absolute atomic E-state index is 0.103. The quantitative estimate of drug-likeness (QED) is 0.938. The molecule has 1 N–H and O–H groups in total. The van der Waals surface area contributed by atoms with Crippen molar-refractivity contribution in [1.82, 2.24) is 10.3 Å². The second kappa shape index (κ2) is 6.50. The first-order chi connectivity index (χ1) is 11.0. The van der Waals surface area contributed by atoms with E-state index < -0.39 is 0 Å². The molecule has 2 heterocycles. The Kier molecular flexibility index (Phi) is 4.43. The third-order valence-electron chi connectivity index (χ3n) is 4.02. The minimum Gasteiger partial charge on any atom is -0.390 e. The van der Waals surface area contributed by atoms with E-state index in [9.17, 15) is 4.79 Å². The molecule has 1 amide bonds. The maximum atomic E-state index is 12.1. The number of thiazole rings is 1. The number of carbonyl (C=O) groups is 1. The predicted octanol–water partition coefficient (Wildman–Crippen LogP) is 2.99. The van der Waals surface area contributed by atoms with Gasteiger partial charge in [-0.05, 0) is 43.5 Å².